The molecule has 0 bridgehead atoms. The number of aromatic nitrogens is 5. The number of nitrogens with one attached hydrogen (secondary N) is 1. The van der Waals surface area contributed by atoms with Gasteiger partial charge >= 0.3 is 0 Å². The third-order valence-electron chi connectivity index (χ3n) is 4.17. The number of nitrogens with zero attached hydrogens (tertiary/aromatic N) is 6. The summed E-state index contributed by atoms with van der Waals surface area (Å²) in [7, 11) is 0. The molecule has 0 aromatic carbocycles. The lowest BCUT2D eigenvalue weighted by molar-refractivity contribution is -0.121. The van der Waals surface area contributed by atoms with Crippen molar-refractivity contribution in [3.05, 3.63) is 48.0 Å². The fourth-order valence-electron chi connectivity index (χ4n) is 2.70. The Hall–Kier alpha value is -3.03. The van der Waals surface area contributed by atoms with E-state index >= 15 is 0 Å². The summed E-state index contributed by atoms with van der Waals surface area (Å²) in [5.41, 5.74) is 1.52. The molecule has 0 spiro atoms. The topological polar surface area (TPSA) is 88.3 Å². The summed E-state index contributed by atoms with van der Waals surface area (Å²) in [4.78, 5) is 18.4. The van der Waals surface area contributed by atoms with Crippen LogP contribution in [0.25, 0.3) is 5.65 Å². The number of carbonyl (C=O) groups excluding carboxylic acids is 1. The lowest BCUT2D eigenvalue weighted by atomic mass is 10.2. The van der Waals surface area contributed by atoms with Crippen molar-refractivity contribution < 1.29 is 4.79 Å². The van der Waals surface area contributed by atoms with Crippen LogP contribution in [0.15, 0.2) is 36.5 Å². The first-order chi connectivity index (χ1) is 12.7. The molecular weight excluding hydrogens is 330 g/mol. The van der Waals surface area contributed by atoms with E-state index in [4.69, 9.17) is 0 Å². The molecule has 136 valence electrons. The van der Waals surface area contributed by atoms with Gasteiger partial charge in [-0.2, -0.15) is 4.52 Å². The smallest absolute Gasteiger partial charge is 0.220 e. The number of fused-ring (bicyclic) bond motifs is 1. The van der Waals surface area contributed by atoms with Gasteiger partial charge in [0.25, 0.3) is 0 Å². The zero-order valence-corrected chi connectivity index (χ0v) is 15.1. The predicted octanol–water partition coefficient (Wildman–Crippen LogP) is 1.61. The summed E-state index contributed by atoms with van der Waals surface area (Å²) < 4.78 is 1.72. The maximum absolute atomic E-state index is 12.1. The largest absolute Gasteiger partial charge is 0.356 e. The number of hydrogen-bond acceptors (Lipinski definition) is 6. The second-order valence-corrected chi connectivity index (χ2v) is 5.85. The Bertz CT molecular complexity index is 858. The third-order valence-corrected chi connectivity index (χ3v) is 4.17. The lowest BCUT2D eigenvalue weighted by Gasteiger charge is -2.19. The maximum Gasteiger partial charge on any atom is 0.220 e. The highest BCUT2D eigenvalue weighted by atomic mass is 16.1. The van der Waals surface area contributed by atoms with E-state index in [1.54, 1.807) is 10.7 Å². The molecule has 8 nitrogen and oxygen atoms in total. The first kappa shape index (κ1) is 17.8. The van der Waals surface area contributed by atoms with Gasteiger partial charge in [-0.15, -0.1) is 15.3 Å². The quantitative estimate of drug-likeness (QED) is 0.662. The van der Waals surface area contributed by atoms with Crippen molar-refractivity contribution in [1.29, 1.82) is 0 Å². The molecule has 3 heterocycles. The summed E-state index contributed by atoms with van der Waals surface area (Å²) >= 11 is 0. The molecule has 1 amide bonds. The van der Waals surface area contributed by atoms with Crippen molar-refractivity contribution in [3.63, 3.8) is 0 Å². The number of anilines is 1. The van der Waals surface area contributed by atoms with E-state index in [0.717, 1.165) is 24.6 Å². The first-order valence-corrected chi connectivity index (χ1v) is 8.84. The Balaban J connectivity index is 1.63. The summed E-state index contributed by atoms with van der Waals surface area (Å²) in [6.45, 7) is 6.36. The van der Waals surface area contributed by atoms with Crippen LogP contribution in [0.1, 0.15) is 31.8 Å². The number of hydrogen-bond donors (Lipinski definition) is 1. The molecule has 0 saturated heterocycles. The van der Waals surface area contributed by atoms with Gasteiger partial charge in [0.15, 0.2) is 11.5 Å². The van der Waals surface area contributed by atoms with E-state index in [1.807, 2.05) is 30.3 Å². The number of carbonyl (C=O) groups is 1. The van der Waals surface area contributed by atoms with Crippen LogP contribution in [-0.4, -0.2) is 43.8 Å². The van der Waals surface area contributed by atoms with Crippen LogP contribution in [0.2, 0.25) is 0 Å². The minimum Gasteiger partial charge on any atom is -0.356 e. The van der Waals surface area contributed by atoms with Crippen LogP contribution in [0.3, 0.4) is 0 Å². The van der Waals surface area contributed by atoms with Gasteiger partial charge in [0, 0.05) is 32.1 Å². The molecule has 0 atom stereocenters. The average molecular weight is 353 g/mol. The van der Waals surface area contributed by atoms with Crippen LogP contribution in [0.4, 0.5) is 5.82 Å². The molecule has 0 aliphatic carbocycles. The Morgan fingerprint density at radius 3 is 2.73 bits per heavy atom. The van der Waals surface area contributed by atoms with Crippen LogP contribution < -0.4 is 10.2 Å². The fourth-order valence-corrected chi connectivity index (χ4v) is 2.70. The number of amides is 1. The number of rotatable bonds is 8. The minimum atomic E-state index is -0.0488. The van der Waals surface area contributed by atoms with E-state index in [2.05, 4.69) is 44.3 Å². The number of pyridine rings is 1. The third kappa shape index (κ3) is 4.14. The minimum absolute atomic E-state index is 0.0488. The number of aryl methyl sites for hydroxylation is 1. The van der Waals surface area contributed by atoms with Crippen LogP contribution in [0, 0.1) is 0 Å². The van der Waals surface area contributed by atoms with E-state index in [1.165, 1.54) is 0 Å². The van der Waals surface area contributed by atoms with Crippen molar-refractivity contribution in [1.82, 2.24) is 30.1 Å². The normalized spacial score (nSPS) is 10.8. The van der Waals surface area contributed by atoms with Crippen molar-refractivity contribution >= 4 is 17.4 Å². The summed E-state index contributed by atoms with van der Waals surface area (Å²) in [5, 5.41) is 15.8. The molecule has 3 aromatic rings. The van der Waals surface area contributed by atoms with E-state index in [9.17, 15) is 4.79 Å². The van der Waals surface area contributed by atoms with E-state index < -0.39 is 0 Å². The summed E-state index contributed by atoms with van der Waals surface area (Å²) in [6, 6.07) is 9.47. The summed E-state index contributed by atoms with van der Waals surface area (Å²) in [6.07, 6.45) is 2.51. The van der Waals surface area contributed by atoms with Crippen molar-refractivity contribution in [2.24, 2.45) is 0 Å². The molecule has 26 heavy (non-hydrogen) atoms. The highest BCUT2D eigenvalue weighted by Crippen LogP contribution is 2.12. The van der Waals surface area contributed by atoms with E-state index in [0.29, 0.717) is 30.9 Å². The van der Waals surface area contributed by atoms with E-state index in [-0.39, 0.29) is 5.91 Å². The molecule has 0 aliphatic heterocycles. The second kappa shape index (κ2) is 8.37. The molecule has 0 radical (unpaired) electrons. The maximum atomic E-state index is 12.1. The molecular formula is C18H23N7O. The molecule has 0 unspecified atom stereocenters. The average Bonchev–Trinajstić information content (AvgIpc) is 3.09. The molecule has 0 saturated carbocycles. The Morgan fingerprint density at radius 1 is 1.15 bits per heavy atom. The van der Waals surface area contributed by atoms with Crippen molar-refractivity contribution in [2.45, 2.75) is 33.2 Å². The summed E-state index contributed by atoms with van der Waals surface area (Å²) in [5.74, 6) is 1.51. The Labute approximate surface area is 152 Å². The monoisotopic (exact) mass is 353 g/mol. The van der Waals surface area contributed by atoms with Crippen molar-refractivity contribution in [2.75, 3.05) is 18.0 Å². The first-order valence-electron chi connectivity index (χ1n) is 8.84. The van der Waals surface area contributed by atoms with Crippen LogP contribution in [0.5, 0.6) is 0 Å². The second-order valence-electron chi connectivity index (χ2n) is 5.85. The fraction of sp³-hybridized carbons (Fsp3) is 0.389. The van der Waals surface area contributed by atoms with Gasteiger partial charge in [-0.25, -0.2) is 0 Å². The molecule has 0 fully saturated rings. The van der Waals surface area contributed by atoms with Crippen LogP contribution in [-0.2, 0) is 17.8 Å². The lowest BCUT2D eigenvalue weighted by Crippen LogP contribution is -2.24. The molecule has 3 rings (SSSR count). The Morgan fingerprint density at radius 2 is 2.00 bits per heavy atom. The molecule has 8 heteroatoms. The van der Waals surface area contributed by atoms with Crippen LogP contribution >= 0.6 is 0 Å². The predicted molar refractivity (Wildman–Crippen MR) is 98.7 cm³/mol. The Kier molecular flexibility index (Phi) is 5.73. The van der Waals surface area contributed by atoms with Gasteiger partial charge < -0.3 is 10.2 Å². The van der Waals surface area contributed by atoms with Gasteiger partial charge in [-0.1, -0.05) is 6.07 Å². The zero-order chi connectivity index (χ0) is 18.4. The molecule has 1 N–H and O–H groups in total. The zero-order valence-electron chi connectivity index (χ0n) is 15.1. The van der Waals surface area contributed by atoms with Gasteiger partial charge in [0.05, 0.1) is 12.2 Å². The highest BCUT2D eigenvalue weighted by Gasteiger charge is 2.12. The van der Waals surface area contributed by atoms with Crippen molar-refractivity contribution in [3.8, 4) is 0 Å². The standard InChI is InChI=1S/C18H23N7O/c1-3-24(4-2)17-9-8-15-21-22-16(25(15)23-17)10-11-18(26)20-13-14-7-5-6-12-19-14/h5-9,12H,3-4,10-11,13H2,1-2H3,(H,20,26). The van der Waals surface area contributed by atoms with Gasteiger partial charge in [0.2, 0.25) is 5.91 Å². The molecule has 0 aliphatic rings. The SMILES string of the molecule is CCN(CC)c1ccc2nnc(CCC(=O)NCc3ccccn3)n2n1. The highest BCUT2D eigenvalue weighted by molar-refractivity contribution is 5.76. The van der Waals surface area contributed by atoms with Gasteiger partial charge in [0.1, 0.15) is 5.82 Å². The molecule has 3 aromatic heterocycles. The van der Waals surface area contributed by atoms with Gasteiger partial charge in [-0.05, 0) is 38.1 Å². The van der Waals surface area contributed by atoms with Gasteiger partial charge in [-0.3, -0.25) is 9.78 Å².